The van der Waals surface area contributed by atoms with Gasteiger partial charge in [-0.1, -0.05) is 24.3 Å². The molecule has 160 valence electrons. The van der Waals surface area contributed by atoms with Gasteiger partial charge in [0.15, 0.2) is 0 Å². The standard InChI is InChI=1S/C25H31NO3S/c1-4-28-25(15-17-27)21-6-10-22(11-7-21)29-18-16-26-19(2)5-14-24(26)20-8-12-23(30-3)13-9-20/h5-14,25,27H,4,15-18H2,1-3H3. The number of hydrogen-bond donors (Lipinski definition) is 1. The highest BCUT2D eigenvalue weighted by Gasteiger charge is 2.11. The van der Waals surface area contributed by atoms with E-state index in [0.717, 1.165) is 17.9 Å². The van der Waals surface area contributed by atoms with E-state index >= 15 is 0 Å². The minimum Gasteiger partial charge on any atom is -0.492 e. The summed E-state index contributed by atoms with van der Waals surface area (Å²) in [6.07, 6.45) is 2.62. The monoisotopic (exact) mass is 425 g/mol. The van der Waals surface area contributed by atoms with Gasteiger partial charge in [-0.25, -0.2) is 0 Å². The van der Waals surface area contributed by atoms with Crippen LogP contribution in [0, 0.1) is 6.92 Å². The molecule has 0 spiro atoms. The van der Waals surface area contributed by atoms with E-state index in [9.17, 15) is 5.11 Å². The van der Waals surface area contributed by atoms with Crippen LogP contribution in [0.3, 0.4) is 0 Å². The van der Waals surface area contributed by atoms with Crippen molar-refractivity contribution in [1.29, 1.82) is 0 Å². The number of ether oxygens (including phenoxy) is 2. The molecule has 0 aliphatic rings. The summed E-state index contributed by atoms with van der Waals surface area (Å²) in [6.45, 7) is 6.21. The second-order valence-electron chi connectivity index (χ2n) is 7.11. The van der Waals surface area contributed by atoms with Gasteiger partial charge in [0.1, 0.15) is 12.4 Å². The number of rotatable bonds is 11. The lowest BCUT2D eigenvalue weighted by atomic mass is 10.1. The third-order valence-electron chi connectivity index (χ3n) is 5.18. The third kappa shape index (κ3) is 5.69. The van der Waals surface area contributed by atoms with Crippen molar-refractivity contribution in [2.45, 2.75) is 37.8 Å². The van der Waals surface area contributed by atoms with Crippen LogP contribution in [0.4, 0.5) is 0 Å². The molecule has 0 bridgehead atoms. The first-order valence-corrected chi connectivity index (χ1v) is 11.6. The molecule has 1 unspecified atom stereocenters. The maximum Gasteiger partial charge on any atom is 0.119 e. The summed E-state index contributed by atoms with van der Waals surface area (Å²) in [7, 11) is 0. The Bertz CT molecular complexity index is 897. The van der Waals surface area contributed by atoms with Crippen molar-refractivity contribution in [3.05, 3.63) is 71.9 Å². The number of benzene rings is 2. The van der Waals surface area contributed by atoms with E-state index in [1.54, 1.807) is 11.8 Å². The first-order valence-electron chi connectivity index (χ1n) is 10.4. The molecule has 1 atom stereocenters. The molecule has 0 fully saturated rings. The molecule has 2 aromatic carbocycles. The molecule has 30 heavy (non-hydrogen) atoms. The molecule has 0 saturated heterocycles. The molecular formula is C25H31NO3S. The lowest BCUT2D eigenvalue weighted by Crippen LogP contribution is -2.11. The molecule has 0 amide bonds. The summed E-state index contributed by atoms with van der Waals surface area (Å²) in [5.41, 5.74) is 4.72. The quantitative estimate of drug-likeness (QED) is 0.399. The fourth-order valence-corrected chi connectivity index (χ4v) is 3.99. The van der Waals surface area contributed by atoms with Gasteiger partial charge in [-0.3, -0.25) is 0 Å². The van der Waals surface area contributed by atoms with Crippen molar-refractivity contribution >= 4 is 11.8 Å². The van der Waals surface area contributed by atoms with Crippen molar-refractivity contribution in [2.24, 2.45) is 0 Å². The van der Waals surface area contributed by atoms with E-state index in [0.29, 0.717) is 19.6 Å². The fourth-order valence-electron chi connectivity index (χ4n) is 3.58. The molecule has 3 rings (SSSR count). The number of aryl methyl sites for hydroxylation is 1. The van der Waals surface area contributed by atoms with E-state index in [-0.39, 0.29) is 12.7 Å². The highest BCUT2D eigenvalue weighted by atomic mass is 32.2. The largest absolute Gasteiger partial charge is 0.492 e. The summed E-state index contributed by atoms with van der Waals surface area (Å²) in [5.74, 6) is 0.841. The maximum absolute atomic E-state index is 9.23. The highest BCUT2D eigenvalue weighted by molar-refractivity contribution is 7.98. The van der Waals surface area contributed by atoms with Gasteiger partial charge in [0, 0.05) is 35.9 Å². The Labute approximate surface area is 183 Å². The Balaban J connectivity index is 1.62. The van der Waals surface area contributed by atoms with Crippen LogP contribution in [0.15, 0.2) is 65.6 Å². The Morgan fingerprint density at radius 3 is 2.37 bits per heavy atom. The van der Waals surface area contributed by atoms with Crippen LogP contribution in [-0.2, 0) is 11.3 Å². The van der Waals surface area contributed by atoms with Gasteiger partial charge < -0.3 is 19.1 Å². The topological polar surface area (TPSA) is 43.6 Å². The van der Waals surface area contributed by atoms with E-state index in [1.165, 1.54) is 21.8 Å². The molecule has 1 heterocycles. The molecule has 3 aromatic rings. The van der Waals surface area contributed by atoms with Crippen molar-refractivity contribution in [3.8, 4) is 17.0 Å². The van der Waals surface area contributed by atoms with Crippen molar-refractivity contribution in [2.75, 3.05) is 26.1 Å². The normalized spacial score (nSPS) is 12.1. The lowest BCUT2D eigenvalue weighted by Gasteiger charge is -2.17. The number of aliphatic hydroxyl groups is 1. The molecule has 0 radical (unpaired) electrons. The predicted octanol–water partition coefficient (Wildman–Crippen LogP) is 5.72. The number of hydrogen-bond acceptors (Lipinski definition) is 4. The molecule has 0 aliphatic carbocycles. The van der Waals surface area contributed by atoms with Crippen LogP contribution in [-0.4, -0.2) is 35.8 Å². The van der Waals surface area contributed by atoms with E-state index in [4.69, 9.17) is 9.47 Å². The predicted molar refractivity (Wildman–Crippen MR) is 124 cm³/mol. The zero-order valence-electron chi connectivity index (χ0n) is 18.0. The number of thioether (sulfide) groups is 1. The summed E-state index contributed by atoms with van der Waals surface area (Å²) >= 11 is 1.75. The van der Waals surface area contributed by atoms with E-state index in [1.807, 2.05) is 31.2 Å². The SMILES string of the molecule is CCOC(CCO)c1ccc(OCCn2c(C)ccc2-c2ccc(SC)cc2)cc1. The minimum absolute atomic E-state index is 0.0726. The smallest absolute Gasteiger partial charge is 0.119 e. The number of aromatic nitrogens is 1. The number of nitrogens with zero attached hydrogens (tertiary/aromatic N) is 1. The van der Waals surface area contributed by atoms with E-state index in [2.05, 4.69) is 54.1 Å². The molecule has 4 nitrogen and oxygen atoms in total. The average Bonchev–Trinajstić information content (AvgIpc) is 3.14. The summed E-state index contributed by atoms with van der Waals surface area (Å²) < 4.78 is 14.0. The summed E-state index contributed by atoms with van der Waals surface area (Å²) in [5, 5.41) is 9.23. The molecule has 5 heteroatoms. The first-order chi connectivity index (χ1) is 14.7. The average molecular weight is 426 g/mol. The van der Waals surface area contributed by atoms with Crippen LogP contribution in [0.25, 0.3) is 11.3 Å². The van der Waals surface area contributed by atoms with Crippen molar-refractivity contribution < 1.29 is 14.6 Å². The van der Waals surface area contributed by atoms with Gasteiger partial charge >= 0.3 is 0 Å². The van der Waals surface area contributed by atoms with Crippen molar-refractivity contribution in [3.63, 3.8) is 0 Å². The van der Waals surface area contributed by atoms with Gasteiger partial charge in [-0.2, -0.15) is 0 Å². The zero-order valence-corrected chi connectivity index (χ0v) is 18.8. The Hall–Kier alpha value is -2.21. The van der Waals surface area contributed by atoms with Gasteiger partial charge in [-0.15, -0.1) is 11.8 Å². The fraction of sp³-hybridized carbons (Fsp3) is 0.360. The Morgan fingerprint density at radius 2 is 1.73 bits per heavy atom. The van der Waals surface area contributed by atoms with Crippen LogP contribution in [0.2, 0.25) is 0 Å². The molecule has 1 N–H and O–H groups in total. The second kappa shape index (κ2) is 11.3. The van der Waals surface area contributed by atoms with Gasteiger partial charge in [0.25, 0.3) is 0 Å². The molecule has 0 saturated carbocycles. The first kappa shape index (κ1) is 22.5. The van der Waals surface area contributed by atoms with Crippen LogP contribution in [0.5, 0.6) is 5.75 Å². The third-order valence-corrected chi connectivity index (χ3v) is 5.92. The lowest BCUT2D eigenvalue weighted by molar-refractivity contribution is 0.0432. The number of aliphatic hydroxyl groups excluding tert-OH is 1. The van der Waals surface area contributed by atoms with Crippen LogP contribution < -0.4 is 4.74 Å². The van der Waals surface area contributed by atoms with Gasteiger partial charge in [0.2, 0.25) is 0 Å². The highest BCUT2D eigenvalue weighted by Crippen LogP contribution is 2.26. The minimum atomic E-state index is -0.0726. The van der Waals surface area contributed by atoms with Crippen molar-refractivity contribution in [1.82, 2.24) is 4.57 Å². The van der Waals surface area contributed by atoms with Crippen LogP contribution in [0.1, 0.15) is 30.7 Å². The Kier molecular flexibility index (Phi) is 8.43. The van der Waals surface area contributed by atoms with E-state index < -0.39 is 0 Å². The van der Waals surface area contributed by atoms with Gasteiger partial charge in [0.05, 0.1) is 12.6 Å². The zero-order chi connectivity index (χ0) is 21.3. The molecule has 1 aromatic heterocycles. The summed E-state index contributed by atoms with van der Waals surface area (Å²) in [6, 6.07) is 21.0. The van der Waals surface area contributed by atoms with Crippen LogP contribution >= 0.6 is 11.8 Å². The molecule has 0 aliphatic heterocycles. The molecular weight excluding hydrogens is 394 g/mol. The Morgan fingerprint density at radius 1 is 1.00 bits per heavy atom. The maximum atomic E-state index is 9.23. The summed E-state index contributed by atoms with van der Waals surface area (Å²) in [4.78, 5) is 1.27. The van der Waals surface area contributed by atoms with Gasteiger partial charge in [-0.05, 0) is 67.6 Å². The second-order valence-corrected chi connectivity index (χ2v) is 7.99.